The van der Waals surface area contributed by atoms with Gasteiger partial charge < -0.3 is 9.84 Å². The summed E-state index contributed by atoms with van der Waals surface area (Å²) in [5.74, 6) is -0.972. The topological polar surface area (TPSA) is 64.4 Å². The minimum Gasteiger partial charge on any atom is -0.478 e. The summed E-state index contributed by atoms with van der Waals surface area (Å²) in [6.07, 6.45) is 1.54. The van der Waals surface area contributed by atoms with Crippen LogP contribution in [0.2, 0.25) is 0 Å². The summed E-state index contributed by atoms with van der Waals surface area (Å²) < 4.78 is 6.77. The number of carboxylic acids is 1. The Hall–Kier alpha value is -1.36. The van der Waals surface area contributed by atoms with Crippen LogP contribution in [0.15, 0.2) is 6.20 Å². The van der Waals surface area contributed by atoms with Crippen molar-refractivity contribution >= 4 is 5.97 Å². The Balaban J connectivity index is 2.79. The van der Waals surface area contributed by atoms with Crippen LogP contribution in [0, 0.1) is 0 Å². The molecule has 0 aliphatic heterocycles. The van der Waals surface area contributed by atoms with Crippen molar-refractivity contribution in [3.63, 3.8) is 0 Å². The zero-order valence-corrected chi connectivity index (χ0v) is 8.52. The molecule has 0 amide bonds. The van der Waals surface area contributed by atoms with E-state index >= 15 is 0 Å². The Bertz CT molecular complexity index is 331. The highest BCUT2D eigenvalue weighted by molar-refractivity contribution is 5.88. The first kappa shape index (κ1) is 10.7. The summed E-state index contributed by atoms with van der Waals surface area (Å²) in [5.41, 5.74) is 0.668. The van der Waals surface area contributed by atoms with Crippen molar-refractivity contribution in [3.05, 3.63) is 17.5 Å². The number of aromatic carboxylic acids is 1. The molecular formula is C9H14N2O3. The van der Waals surface area contributed by atoms with Gasteiger partial charge >= 0.3 is 5.97 Å². The summed E-state index contributed by atoms with van der Waals surface area (Å²) in [5, 5.41) is 12.9. The SMILES string of the molecule is CC(C)OCc1nn(C)cc1C(=O)O. The molecule has 0 saturated heterocycles. The molecule has 5 nitrogen and oxygen atoms in total. The maximum atomic E-state index is 10.8. The van der Waals surface area contributed by atoms with Gasteiger partial charge in [-0.3, -0.25) is 4.68 Å². The molecule has 78 valence electrons. The van der Waals surface area contributed by atoms with E-state index in [1.165, 1.54) is 10.9 Å². The van der Waals surface area contributed by atoms with Gasteiger partial charge in [0.25, 0.3) is 0 Å². The van der Waals surface area contributed by atoms with Gasteiger partial charge in [-0.25, -0.2) is 4.79 Å². The van der Waals surface area contributed by atoms with Crippen molar-refractivity contribution in [2.75, 3.05) is 0 Å². The molecule has 0 atom stereocenters. The van der Waals surface area contributed by atoms with Crippen LogP contribution in [0.4, 0.5) is 0 Å². The fraction of sp³-hybridized carbons (Fsp3) is 0.556. The van der Waals surface area contributed by atoms with Crippen molar-refractivity contribution < 1.29 is 14.6 Å². The van der Waals surface area contributed by atoms with Gasteiger partial charge in [-0.15, -0.1) is 0 Å². The lowest BCUT2D eigenvalue weighted by atomic mass is 10.2. The van der Waals surface area contributed by atoms with Crippen LogP contribution in [0.1, 0.15) is 29.9 Å². The highest BCUT2D eigenvalue weighted by Crippen LogP contribution is 2.08. The second-order valence-corrected chi connectivity index (χ2v) is 3.33. The van der Waals surface area contributed by atoms with Gasteiger partial charge in [0.15, 0.2) is 0 Å². The molecular weight excluding hydrogens is 184 g/mol. The van der Waals surface area contributed by atoms with E-state index in [9.17, 15) is 4.79 Å². The first-order valence-corrected chi connectivity index (χ1v) is 4.38. The summed E-state index contributed by atoms with van der Waals surface area (Å²) in [6.45, 7) is 4.02. The number of rotatable bonds is 4. The predicted octanol–water partition coefficient (Wildman–Crippen LogP) is 1.04. The van der Waals surface area contributed by atoms with Crippen molar-refractivity contribution in [2.24, 2.45) is 7.05 Å². The second-order valence-electron chi connectivity index (χ2n) is 3.33. The monoisotopic (exact) mass is 198 g/mol. The number of aryl methyl sites for hydroxylation is 1. The van der Waals surface area contributed by atoms with Crippen molar-refractivity contribution in [2.45, 2.75) is 26.6 Å². The Morgan fingerprint density at radius 2 is 2.36 bits per heavy atom. The van der Waals surface area contributed by atoms with Crippen LogP contribution in [0.5, 0.6) is 0 Å². The zero-order valence-electron chi connectivity index (χ0n) is 8.52. The van der Waals surface area contributed by atoms with Crippen molar-refractivity contribution in [1.29, 1.82) is 0 Å². The fourth-order valence-electron chi connectivity index (χ4n) is 1.07. The molecule has 1 heterocycles. The first-order valence-electron chi connectivity index (χ1n) is 4.38. The maximum absolute atomic E-state index is 10.8. The minimum absolute atomic E-state index is 0.0682. The van der Waals surface area contributed by atoms with E-state index < -0.39 is 5.97 Å². The number of carboxylic acid groups (broad SMARTS) is 1. The standard InChI is InChI=1S/C9H14N2O3/c1-6(2)14-5-8-7(9(12)13)4-11(3)10-8/h4,6H,5H2,1-3H3,(H,12,13). The van der Waals surface area contributed by atoms with E-state index in [1.54, 1.807) is 7.05 Å². The number of ether oxygens (including phenoxy) is 1. The molecule has 1 N–H and O–H groups in total. The largest absolute Gasteiger partial charge is 0.478 e. The van der Waals surface area contributed by atoms with Crippen molar-refractivity contribution in [3.8, 4) is 0 Å². The zero-order chi connectivity index (χ0) is 10.7. The van der Waals surface area contributed by atoms with Gasteiger partial charge in [-0.05, 0) is 13.8 Å². The van der Waals surface area contributed by atoms with Crippen LogP contribution < -0.4 is 0 Å². The smallest absolute Gasteiger partial charge is 0.339 e. The maximum Gasteiger partial charge on any atom is 0.339 e. The average molecular weight is 198 g/mol. The molecule has 0 aliphatic rings. The molecule has 0 bridgehead atoms. The number of hydrogen-bond acceptors (Lipinski definition) is 3. The van der Waals surface area contributed by atoms with E-state index in [1.807, 2.05) is 13.8 Å². The molecule has 5 heteroatoms. The van der Waals surface area contributed by atoms with Gasteiger partial charge in [0, 0.05) is 13.2 Å². The van der Waals surface area contributed by atoms with Crippen LogP contribution in [0.3, 0.4) is 0 Å². The lowest BCUT2D eigenvalue weighted by molar-refractivity contribution is 0.0591. The quantitative estimate of drug-likeness (QED) is 0.785. The Labute approximate surface area is 82.3 Å². The van der Waals surface area contributed by atoms with Crippen molar-refractivity contribution in [1.82, 2.24) is 9.78 Å². The molecule has 0 aliphatic carbocycles. The second kappa shape index (κ2) is 4.23. The fourth-order valence-corrected chi connectivity index (χ4v) is 1.07. The van der Waals surface area contributed by atoms with Crippen LogP contribution in [-0.2, 0) is 18.4 Å². The van der Waals surface area contributed by atoms with E-state index in [-0.39, 0.29) is 18.3 Å². The predicted molar refractivity (Wildman–Crippen MR) is 50.1 cm³/mol. The molecule has 0 spiro atoms. The van der Waals surface area contributed by atoms with Gasteiger partial charge in [0.2, 0.25) is 0 Å². The lowest BCUT2D eigenvalue weighted by Gasteiger charge is -2.05. The molecule has 0 radical (unpaired) electrons. The number of hydrogen-bond donors (Lipinski definition) is 1. The Kier molecular flexibility index (Phi) is 3.24. The molecule has 0 saturated carbocycles. The highest BCUT2D eigenvalue weighted by atomic mass is 16.5. The number of aromatic nitrogens is 2. The number of nitrogens with zero attached hydrogens (tertiary/aromatic N) is 2. The van der Waals surface area contributed by atoms with E-state index in [0.717, 1.165) is 0 Å². The molecule has 0 unspecified atom stereocenters. The molecule has 0 aromatic carbocycles. The summed E-state index contributed by atoms with van der Waals surface area (Å²) in [7, 11) is 1.69. The highest BCUT2D eigenvalue weighted by Gasteiger charge is 2.14. The summed E-state index contributed by atoms with van der Waals surface area (Å²) in [6, 6.07) is 0. The van der Waals surface area contributed by atoms with Gasteiger partial charge in [-0.1, -0.05) is 0 Å². The minimum atomic E-state index is -0.972. The summed E-state index contributed by atoms with van der Waals surface area (Å²) in [4.78, 5) is 10.8. The molecule has 1 aromatic heterocycles. The molecule has 14 heavy (non-hydrogen) atoms. The van der Waals surface area contributed by atoms with E-state index in [4.69, 9.17) is 9.84 Å². The van der Waals surface area contributed by atoms with Gasteiger partial charge in [-0.2, -0.15) is 5.10 Å². The van der Waals surface area contributed by atoms with Gasteiger partial charge in [0.05, 0.1) is 12.7 Å². The third kappa shape index (κ3) is 2.56. The first-order chi connectivity index (χ1) is 6.50. The van der Waals surface area contributed by atoms with Crippen LogP contribution in [0.25, 0.3) is 0 Å². The lowest BCUT2D eigenvalue weighted by Crippen LogP contribution is -2.06. The third-order valence-corrected chi connectivity index (χ3v) is 1.69. The Morgan fingerprint density at radius 1 is 1.71 bits per heavy atom. The third-order valence-electron chi connectivity index (χ3n) is 1.69. The van der Waals surface area contributed by atoms with Crippen LogP contribution >= 0.6 is 0 Å². The van der Waals surface area contributed by atoms with Crippen LogP contribution in [-0.4, -0.2) is 27.0 Å². The average Bonchev–Trinajstić information content (AvgIpc) is 2.43. The summed E-state index contributed by atoms with van der Waals surface area (Å²) >= 11 is 0. The molecule has 0 fully saturated rings. The molecule has 1 rings (SSSR count). The molecule has 1 aromatic rings. The number of carbonyl (C=O) groups is 1. The van der Waals surface area contributed by atoms with E-state index in [2.05, 4.69) is 5.10 Å². The van der Waals surface area contributed by atoms with Gasteiger partial charge in [0.1, 0.15) is 11.3 Å². The Morgan fingerprint density at radius 3 is 2.86 bits per heavy atom. The van der Waals surface area contributed by atoms with E-state index in [0.29, 0.717) is 5.69 Å². The normalized spacial score (nSPS) is 10.9.